The summed E-state index contributed by atoms with van der Waals surface area (Å²) in [7, 11) is 1.50. The lowest BCUT2D eigenvalue weighted by Crippen LogP contribution is -2.42. The van der Waals surface area contributed by atoms with Crippen molar-refractivity contribution in [2.24, 2.45) is 0 Å². The average molecular weight is 224 g/mol. The number of urea groups is 1. The number of nitrogens with one attached hydrogen (secondary N) is 1. The van der Waals surface area contributed by atoms with Gasteiger partial charge >= 0.3 is 6.03 Å². The quantitative estimate of drug-likeness (QED) is 0.774. The second kappa shape index (κ2) is 3.34. The number of rotatable bonds is 2. The maximum Gasteiger partial charge on any atom is 0.325 e. The van der Waals surface area contributed by atoms with E-state index >= 15 is 0 Å². The standard InChI is InChI=1S/C10H12N2O2S/c1-3-10(7-4-5-15-6-7)8(13)12(2)9(14)11-10/h4-6H,3H2,1-2H3,(H,11,14)/t10-/m0/s1. The molecule has 2 rings (SSSR count). The molecule has 1 fully saturated rings. The van der Waals surface area contributed by atoms with Gasteiger partial charge in [-0.1, -0.05) is 6.92 Å². The summed E-state index contributed by atoms with van der Waals surface area (Å²) in [6.45, 7) is 1.90. The Kier molecular flexibility index (Phi) is 2.26. The minimum absolute atomic E-state index is 0.173. The summed E-state index contributed by atoms with van der Waals surface area (Å²) in [6.07, 6.45) is 0.568. The Morgan fingerprint density at radius 2 is 2.27 bits per heavy atom. The number of carbonyl (C=O) groups is 2. The minimum Gasteiger partial charge on any atom is -0.319 e. The molecule has 0 radical (unpaired) electrons. The van der Waals surface area contributed by atoms with Crippen molar-refractivity contribution in [2.45, 2.75) is 18.9 Å². The van der Waals surface area contributed by atoms with Crippen LogP contribution in [0.25, 0.3) is 0 Å². The van der Waals surface area contributed by atoms with Gasteiger partial charge in [-0.2, -0.15) is 11.3 Å². The van der Waals surface area contributed by atoms with E-state index in [2.05, 4.69) is 5.32 Å². The first-order valence-electron chi connectivity index (χ1n) is 4.75. The second-order valence-electron chi connectivity index (χ2n) is 3.57. The zero-order chi connectivity index (χ0) is 11.1. The molecule has 2 heterocycles. The molecule has 5 heteroatoms. The monoisotopic (exact) mass is 224 g/mol. The summed E-state index contributed by atoms with van der Waals surface area (Å²) < 4.78 is 0. The predicted molar refractivity (Wildman–Crippen MR) is 57.6 cm³/mol. The summed E-state index contributed by atoms with van der Waals surface area (Å²) in [5.41, 5.74) is 0.0314. The molecule has 0 saturated carbocycles. The van der Waals surface area contributed by atoms with Gasteiger partial charge in [-0.25, -0.2) is 4.79 Å². The number of likely N-dealkylation sites (N-methyl/N-ethyl adjacent to an activating group) is 1. The second-order valence-corrected chi connectivity index (χ2v) is 4.35. The lowest BCUT2D eigenvalue weighted by molar-refractivity contribution is -0.130. The third kappa shape index (κ3) is 1.26. The maximum atomic E-state index is 12.0. The van der Waals surface area contributed by atoms with Crippen LogP contribution in [0.1, 0.15) is 18.9 Å². The Hall–Kier alpha value is -1.36. The fourth-order valence-corrected chi connectivity index (χ4v) is 2.58. The number of amides is 3. The van der Waals surface area contributed by atoms with Crippen LogP contribution in [0.15, 0.2) is 16.8 Å². The van der Waals surface area contributed by atoms with E-state index in [0.29, 0.717) is 6.42 Å². The SMILES string of the molecule is CC[C@@]1(c2ccsc2)NC(=O)N(C)C1=O. The Labute approximate surface area is 91.9 Å². The molecule has 0 aliphatic carbocycles. The van der Waals surface area contributed by atoms with E-state index in [4.69, 9.17) is 0 Å². The van der Waals surface area contributed by atoms with Crippen molar-refractivity contribution in [3.8, 4) is 0 Å². The largest absolute Gasteiger partial charge is 0.325 e. The van der Waals surface area contributed by atoms with Gasteiger partial charge in [0.05, 0.1) is 0 Å². The third-order valence-corrected chi connectivity index (χ3v) is 3.52. The van der Waals surface area contributed by atoms with Crippen LogP contribution in [0.3, 0.4) is 0 Å². The van der Waals surface area contributed by atoms with Crippen LogP contribution in [-0.4, -0.2) is 23.9 Å². The molecule has 1 aromatic rings. The van der Waals surface area contributed by atoms with Crippen molar-refractivity contribution in [1.82, 2.24) is 10.2 Å². The molecule has 1 aliphatic heterocycles. The average Bonchev–Trinajstić information content (AvgIpc) is 2.82. The smallest absolute Gasteiger partial charge is 0.319 e. The van der Waals surface area contributed by atoms with Crippen LogP contribution in [0.2, 0.25) is 0 Å². The highest BCUT2D eigenvalue weighted by Gasteiger charge is 2.49. The van der Waals surface area contributed by atoms with Crippen LogP contribution in [-0.2, 0) is 10.3 Å². The normalized spacial score (nSPS) is 25.9. The number of hydrogen-bond acceptors (Lipinski definition) is 3. The van der Waals surface area contributed by atoms with E-state index in [1.54, 1.807) is 0 Å². The fourth-order valence-electron chi connectivity index (χ4n) is 1.85. The van der Waals surface area contributed by atoms with Gasteiger partial charge in [0.1, 0.15) is 5.54 Å². The summed E-state index contributed by atoms with van der Waals surface area (Å²) in [5, 5.41) is 6.57. The topological polar surface area (TPSA) is 49.4 Å². The maximum absolute atomic E-state index is 12.0. The van der Waals surface area contributed by atoms with Crippen LogP contribution < -0.4 is 5.32 Å². The van der Waals surface area contributed by atoms with E-state index in [9.17, 15) is 9.59 Å². The van der Waals surface area contributed by atoms with Gasteiger partial charge < -0.3 is 5.32 Å². The molecular formula is C10H12N2O2S. The highest BCUT2D eigenvalue weighted by Crippen LogP contribution is 2.32. The van der Waals surface area contributed by atoms with Crippen molar-refractivity contribution in [1.29, 1.82) is 0 Å². The zero-order valence-corrected chi connectivity index (χ0v) is 9.43. The summed E-state index contributed by atoms with van der Waals surface area (Å²) >= 11 is 1.52. The van der Waals surface area contributed by atoms with Crippen molar-refractivity contribution >= 4 is 23.3 Å². The fraction of sp³-hybridized carbons (Fsp3) is 0.400. The van der Waals surface area contributed by atoms with E-state index in [-0.39, 0.29) is 11.9 Å². The summed E-state index contributed by atoms with van der Waals surface area (Å²) in [6, 6.07) is 1.55. The van der Waals surface area contributed by atoms with E-state index in [1.807, 2.05) is 23.8 Å². The molecule has 0 unspecified atom stereocenters. The van der Waals surface area contributed by atoms with Crippen molar-refractivity contribution < 1.29 is 9.59 Å². The van der Waals surface area contributed by atoms with E-state index in [1.165, 1.54) is 18.4 Å². The molecule has 1 saturated heterocycles. The first-order chi connectivity index (χ1) is 7.12. The van der Waals surface area contributed by atoms with Gasteiger partial charge in [0, 0.05) is 7.05 Å². The molecule has 80 valence electrons. The van der Waals surface area contributed by atoms with Gasteiger partial charge in [-0.15, -0.1) is 0 Å². The highest BCUT2D eigenvalue weighted by molar-refractivity contribution is 7.08. The third-order valence-electron chi connectivity index (χ3n) is 2.84. The Bertz CT molecular complexity index is 402. The van der Waals surface area contributed by atoms with Crippen molar-refractivity contribution in [2.75, 3.05) is 7.05 Å². The lowest BCUT2D eigenvalue weighted by Gasteiger charge is -2.23. The molecule has 0 bridgehead atoms. The Morgan fingerprint density at radius 1 is 1.53 bits per heavy atom. The Morgan fingerprint density at radius 3 is 2.67 bits per heavy atom. The van der Waals surface area contributed by atoms with Gasteiger partial charge in [-0.3, -0.25) is 9.69 Å². The predicted octanol–water partition coefficient (Wildman–Crippen LogP) is 1.53. The van der Waals surface area contributed by atoms with Gasteiger partial charge in [0.25, 0.3) is 5.91 Å². The number of hydrogen-bond donors (Lipinski definition) is 1. The highest BCUT2D eigenvalue weighted by atomic mass is 32.1. The molecule has 1 aliphatic rings. The van der Waals surface area contributed by atoms with Crippen LogP contribution in [0, 0.1) is 0 Å². The van der Waals surface area contributed by atoms with Gasteiger partial charge in [0.2, 0.25) is 0 Å². The molecule has 15 heavy (non-hydrogen) atoms. The lowest BCUT2D eigenvalue weighted by atomic mass is 9.89. The molecule has 1 aromatic heterocycles. The van der Waals surface area contributed by atoms with E-state index in [0.717, 1.165) is 10.5 Å². The summed E-state index contributed by atoms with van der Waals surface area (Å²) in [4.78, 5) is 24.6. The number of carbonyl (C=O) groups excluding carboxylic acids is 2. The number of nitrogens with zero attached hydrogens (tertiary/aromatic N) is 1. The van der Waals surface area contributed by atoms with Gasteiger partial charge in [0.15, 0.2) is 0 Å². The zero-order valence-electron chi connectivity index (χ0n) is 8.61. The van der Waals surface area contributed by atoms with Crippen LogP contribution in [0.4, 0.5) is 4.79 Å². The summed E-state index contributed by atoms with van der Waals surface area (Å²) in [5.74, 6) is -0.173. The first kappa shape index (κ1) is 10.2. The number of thiophene rings is 1. The molecule has 4 nitrogen and oxygen atoms in total. The molecule has 1 atom stereocenters. The molecular weight excluding hydrogens is 212 g/mol. The van der Waals surface area contributed by atoms with Crippen molar-refractivity contribution in [3.63, 3.8) is 0 Å². The Balaban J connectivity index is 2.48. The van der Waals surface area contributed by atoms with E-state index < -0.39 is 5.54 Å². The minimum atomic E-state index is -0.841. The first-order valence-corrected chi connectivity index (χ1v) is 5.69. The van der Waals surface area contributed by atoms with Crippen LogP contribution in [0.5, 0.6) is 0 Å². The molecule has 0 aromatic carbocycles. The van der Waals surface area contributed by atoms with Gasteiger partial charge in [-0.05, 0) is 28.8 Å². The molecule has 0 spiro atoms. The number of imide groups is 1. The molecule has 3 amide bonds. The van der Waals surface area contributed by atoms with Crippen molar-refractivity contribution in [3.05, 3.63) is 22.4 Å². The molecule has 1 N–H and O–H groups in total. The van der Waals surface area contributed by atoms with Crippen LogP contribution >= 0.6 is 11.3 Å².